The number of halogens is 4. The van der Waals surface area contributed by atoms with E-state index in [0.29, 0.717) is 18.7 Å². The molecule has 0 fully saturated rings. The molecule has 1 unspecified atom stereocenters. The van der Waals surface area contributed by atoms with Gasteiger partial charge in [-0.3, -0.25) is 0 Å². The van der Waals surface area contributed by atoms with E-state index in [1.165, 1.54) is 11.3 Å². The highest BCUT2D eigenvalue weighted by Gasteiger charge is 2.25. The van der Waals surface area contributed by atoms with Crippen LogP contribution in [0, 0.1) is 17.5 Å². The second-order valence-electron chi connectivity index (χ2n) is 4.30. The van der Waals surface area contributed by atoms with Crippen molar-refractivity contribution < 1.29 is 13.2 Å². The lowest BCUT2D eigenvalue weighted by atomic mass is 10.0. The number of nitrogens with one attached hydrogen (secondary N) is 1. The zero-order valence-electron chi connectivity index (χ0n) is 10.7. The topological polar surface area (TPSA) is 12.0 Å². The first-order chi connectivity index (χ1) is 9.54. The molecule has 1 nitrogen and oxygen atoms in total. The van der Waals surface area contributed by atoms with Gasteiger partial charge in [0, 0.05) is 27.0 Å². The Labute approximate surface area is 128 Å². The molecule has 2 rings (SSSR count). The van der Waals surface area contributed by atoms with Crippen LogP contribution in [-0.2, 0) is 0 Å². The predicted molar refractivity (Wildman–Crippen MR) is 78.5 cm³/mol. The van der Waals surface area contributed by atoms with Crippen molar-refractivity contribution in [1.82, 2.24) is 5.32 Å². The molecule has 0 spiro atoms. The second kappa shape index (κ2) is 6.74. The zero-order valence-corrected chi connectivity index (χ0v) is 13.1. The predicted octanol–water partition coefficient (Wildman–Crippen LogP) is 5.02. The molecule has 2 aromatic rings. The van der Waals surface area contributed by atoms with Gasteiger partial charge in [0.05, 0.1) is 6.04 Å². The van der Waals surface area contributed by atoms with Crippen molar-refractivity contribution in [2.24, 2.45) is 0 Å². The fraction of sp³-hybridized carbons (Fsp3) is 0.286. The monoisotopic (exact) mass is 363 g/mol. The lowest BCUT2D eigenvalue weighted by Crippen LogP contribution is -2.25. The lowest BCUT2D eigenvalue weighted by Gasteiger charge is -2.20. The second-order valence-corrected chi connectivity index (χ2v) is 6.11. The van der Waals surface area contributed by atoms with E-state index in [0.717, 1.165) is 15.8 Å². The number of hydrogen-bond acceptors (Lipinski definition) is 2. The highest BCUT2D eigenvalue weighted by atomic mass is 79.9. The van der Waals surface area contributed by atoms with Crippen LogP contribution >= 0.6 is 27.3 Å². The molecule has 0 radical (unpaired) electrons. The Bertz CT molecular complexity index is 577. The molecule has 0 aliphatic carbocycles. The summed E-state index contributed by atoms with van der Waals surface area (Å²) in [5.41, 5.74) is -0.150. The fourth-order valence-electron chi connectivity index (χ4n) is 1.96. The van der Waals surface area contributed by atoms with E-state index in [4.69, 9.17) is 0 Å². The van der Waals surface area contributed by atoms with E-state index in [9.17, 15) is 13.2 Å². The Morgan fingerprint density at radius 1 is 1.25 bits per heavy atom. The van der Waals surface area contributed by atoms with Crippen LogP contribution in [0.2, 0.25) is 0 Å². The van der Waals surface area contributed by atoms with Gasteiger partial charge in [0.25, 0.3) is 0 Å². The molecule has 1 aromatic carbocycles. The van der Waals surface area contributed by atoms with Crippen LogP contribution in [-0.4, -0.2) is 6.54 Å². The molecule has 6 heteroatoms. The van der Waals surface area contributed by atoms with Gasteiger partial charge in [-0.2, -0.15) is 0 Å². The third-order valence-corrected chi connectivity index (χ3v) is 4.77. The van der Waals surface area contributed by atoms with Gasteiger partial charge < -0.3 is 5.32 Å². The molecule has 0 amide bonds. The third-order valence-electron chi connectivity index (χ3n) is 2.84. The largest absolute Gasteiger partial charge is 0.305 e. The Hall–Kier alpha value is -0.850. The van der Waals surface area contributed by atoms with Gasteiger partial charge in [0.1, 0.15) is 17.5 Å². The van der Waals surface area contributed by atoms with Crippen molar-refractivity contribution >= 4 is 27.3 Å². The molecule has 1 aromatic heterocycles. The molecule has 0 bridgehead atoms. The molecule has 1 N–H and O–H groups in total. The van der Waals surface area contributed by atoms with E-state index >= 15 is 0 Å². The van der Waals surface area contributed by atoms with E-state index in [-0.39, 0.29) is 5.56 Å². The Kier molecular flexibility index (Phi) is 5.23. The summed E-state index contributed by atoms with van der Waals surface area (Å²) in [6.07, 6.45) is 0.823. The molecular formula is C14H13BrF3NS. The third kappa shape index (κ3) is 3.24. The first kappa shape index (κ1) is 15.5. The van der Waals surface area contributed by atoms with Gasteiger partial charge in [0.2, 0.25) is 0 Å². The van der Waals surface area contributed by atoms with Crippen LogP contribution in [0.15, 0.2) is 28.1 Å². The van der Waals surface area contributed by atoms with Crippen LogP contribution in [0.1, 0.15) is 29.8 Å². The Morgan fingerprint density at radius 2 is 1.90 bits per heavy atom. The summed E-state index contributed by atoms with van der Waals surface area (Å²) in [5.74, 6) is -2.67. The molecular weight excluding hydrogens is 351 g/mol. The molecule has 0 saturated carbocycles. The minimum Gasteiger partial charge on any atom is -0.305 e. The summed E-state index contributed by atoms with van der Waals surface area (Å²) < 4.78 is 41.8. The van der Waals surface area contributed by atoms with Crippen LogP contribution < -0.4 is 5.32 Å². The van der Waals surface area contributed by atoms with E-state index in [2.05, 4.69) is 21.2 Å². The van der Waals surface area contributed by atoms with Crippen LogP contribution in [0.25, 0.3) is 0 Å². The molecule has 1 atom stereocenters. The molecule has 108 valence electrons. The van der Waals surface area contributed by atoms with Crippen molar-refractivity contribution in [3.05, 3.63) is 55.9 Å². The van der Waals surface area contributed by atoms with Crippen LogP contribution in [0.3, 0.4) is 0 Å². The smallest absolute Gasteiger partial charge is 0.134 e. The zero-order chi connectivity index (χ0) is 14.7. The molecule has 0 aliphatic rings. The van der Waals surface area contributed by atoms with Crippen molar-refractivity contribution in [1.29, 1.82) is 0 Å². The number of rotatable bonds is 5. The number of hydrogen-bond donors (Lipinski definition) is 1. The quantitative estimate of drug-likeness (QED) is 0.786. The standard InChI is InChI=1S/C14H13BrF3NS/c1-2-4-19-13(14-9(15)3-5-20-14)12-10(17)6-8(16)7-11(12)18/h3,5-7,13,19H,2,4H2,1H3. The summed E-state index contributed by atoms with van der Waals surface area (Å²) in [5, 5.41) is 4.94. The van der Waals surface area contributed by atoms with Gasteiger partial charge in [-0.1, -0.05) is 6.92 Å². The van der Waals surface area contributed by atoms with E-state index < -0.39 is 23.5 Å². The van der Waals surface area contributed by atoms with Gasteiger partial charge in [0.15, 0.2) is 0 Å². The summed E-state index contributed by atoms with van der Waals surface area (Å²) in [4.78, 5) is 0.767. The molecule has 1 heterocycles. The first-order valence-electron chi connectivity index (χ1n) is 6.15. The summed E-state index contributed by atoms with van der Waals surface area (Å²) in [6, 6.07) is 2.60. The van der Waals surface area contributed by atoms with Crippen molar-refractivity contribution in [2.45, 2.75) is 19.4 Å². The lowest BCUT2D eigenvalue weighted by molar-refractivity contribution is 0.489. The highest BCUT2D eigenvalue weighted by Crippen LogP contribution is 2.35. The Balaban J connectivity index is 2.50. The summed E-state index contributed by atoms with van der Waals surface area (Å²) in [7, 11) is 0. The number of benzene rings is 1. The maximum atomic E-state index is 14.0. The maximum Gasteiger partial charge on any atom is 0.134 e. The maximum absolute atomic E-state index is 14.0. The average Bonchev–Trinajstić information content (AvgIpc) is 2.78. The molecule has 0 aliphatic heterocycles. The Morgan fingerprint density at radius 3 is 2.40 bits per heavy atom. The summed E-state index contributed by atoms with van der Waals surface area (Å²) in [6.45, 7) is 2.57. The SMILES string of the molecule is CCCNC(c1sccc1Br)c1c(F)cc(F)cc1F. The number of thiophene rings is 1. The van der Waals surface area contributed by atoms with E-state index in [1.807, 2.05) is 18.4 Å². The van der Waals surface area contributed by atoms with Crippen molar-refractivity contribution in [3.63, 3.8) is 0 Å². The van der Waals surface area contributed by atoms with Gasteiger partial charge in [-0.25, -0.2) is 13.2 Å². The molecule has 0 saturated heterocycles. The van der Waals surface area contributed by atoms with Crippen molar-refractivity contribution in [2.75, 3.05) is 6.54 Å². The van der Waals surface area contributed by atoms with Crippen molar-refractivity contribution in [3.8, 4) is 0 Å². The normalized spacial score (nSPS) is 12.7. The van der Waals surface area contributed by atoms with Crippen LogP contribution in [0.5, 0.6) is 0 Å². The minimum absolute atomic E-state index is 0.150. The average molecular weight is 364 g/mol. The minimum atomic E-state index is -0.914. The molecule has 20 heavy (non-hydrogen) atoms. The summed E-state index contributed by atoms with van der Waals surface area (Å²) >= 11 is 4.76. The van der Waals surface area contributed by atoms with Crippen LogP contribution in [0.4, 0.5) is 13.2 Å². The van der Waals surface area contributed by atoms with Gasteiger partial charge >= 0.3 is 0 Å². The first-order valence-corrected chi connectivity index (χ1v) is 7.82. The highest BCUT2D eigenvalue weighted by molar-refractivity contribution is 9.10. The van der Waals surface area contributed by atoms with Gasteiger partial charge in [-0.15, -0.1) is 11.3 Å². The van der Waals surface area contributed by atoms with E-state index in [1.54, 1.807) is 0 Å². The van der Waals surface area contributed by atoms with Gasteiger partial charge in [-0.05, 0) is 40.3 Å². The fourth-order valence-corrected chi connectivity index (χ4v) is 3.64.